The summed E-state index contributed by atoms with van der Waals surface area (Å²) in [5.74, 6) is 0.486. The Morgan fingerprint density at radius 2 is 2.05 bits per heavy atom. The highest BCUT2D eigenvalue weighted by Gasteiger charge is 2.25. The van der Waals surface area contributed by atoms with E-state index in [2.05, 4.69) is 56.3 Å². The van der Waals surface area contributed by atoms with Crippen molar-refractivity contribution in [1.29, 1.82) is 0 Å². The Kier molecular flexibility index (Phi) is 3.13. The van der Waals surface area contributed by atoms with E-state index in [4.69, 9.17) is 4.74 Å². The molecule has 3 nitrogen and oxygen atoms in total. The van der Waals surface area contributed by atoms with E-state index in [9.17, 15) is 0 Å². The van der Waals surface area contributed by atoms with Crippen LogP contribution in [-0.2, 0) is 16.7 Å². The van der Waals surface area contributed by atoms with Gasteiger partial charge in [0, 0.05) is 0 Å². The Bertz CT molecular complexity index is 630. The molecule has 1 unspecified atom stereocenters. The average Bonchev–Trinajstić information content (AvgIpc) is 3.07. The summed E-state index contributed by atoms with van der Waals surface area (Å²) in [6, 6.07) is 4.63. The van der Waals surface area contributed by atoms with Crippen molar-refractivity contribution in [3.05, 3.63) is 29.6 Å². The zero-order valence-electron chi connectivity index (χ0n) is 13.1. The van der Waals surface area contributed by atoms with Crippen molar-refractivity contribution >= 4 is 11.0 Å². The number of benzene rings is 1. The number of ether oxygens (including phenoxy) is 1. The lowest BCUT2D eigenvalue weighted by atomic mass is 9.84. The van der Waals surface area contributed by atoms with Crippen molar-refractivity contribution < 1.29 is 4.74 Å². The van der Waals surface area contributed by atoms with E-state index in [1.165, 1.54) is 16.6 Å². The third-order valence-electron chi connectivity index (χ3n) is 4.05. The Balaban J connectivity index is 2.17. The second-order valence-corrected chi connectivity index (χ2v) is 7.19. The summed E-state index contributed by atoms with van der Waals surface area (Å²) in [7, 11) is 0. The van der Waals surface area contributed by atoms with Gasteiger partial charge >= 0.3 is 0 Å². The molecular weight excluding hydrogens is 248 g/mol. The number of hydrogen-bond acceptors (Lipinski definition) is 2. The van der Waals surface area contributed by atoms with Crippen molar-refractivity contribution in [2.24, 2.45) is 0 Å². The van der Waals surface area contributed by atoms with Gasteiger partial charge in [-0.05, 0) is 28.5 Å². The van der Waals surface area contributed by atoms with Crippen LogP contribution in [0.4, 0.5) is 0 Å². The second-order valence-electron chi connectivity index (χ2n) is 7.19. The highest BCUT2D eigenvalue weighted by molar-refractivity contribution is 5.81. The van der Waals surface area contributed by atoms with Crippen molar-refractivity contribution in [2.45, 2.75) is 58.6 Å². The fraction of sp³-hybridized carbons (Fsp3) is 0.588. The van der Waals surface area contributed by atoms with Gasteiger partial charge in [0.15, 0.2) is 0 Å². The summed E-state index contributed by atoms with van der Waals surface area (Å²) in [5.41, 5.74) is 5.28. The van der Waals surface area contributed by atoms with Crippen molar-refractivity contribution in [3.8, 4) is 0 Å². The van der Waals surface area contributed by atoms with E-state index in [1.54, 1.807) is 0 Å². The number of hydrogen-bond donors (Lipinski definition) is 0. The fourth-order valence-electron chi connectivity index (χ4n) is 2.60. The number of imidazole rings is 1. The topological polar surface area (TPSA) is 30.4 Å². The van der Waals surface area contributed by atoms with Gasteiger partial charge < -0.3 is 9.30 Å². The normalized spacial score (nSPS) is 19.0. The molecular formula is C17H24N2O. The Morgan fingerprint density at radius 1 is 1.35 bits per heavy atom. The number of fused-ring (bicyclic) bond motifs is 1. The minimum Gasteiger partial charge on any atom is -0.371 e. The summed E-state index contributed by atoms with van der Waals surface area (Å²) in [6.45, 7) is 13.1. The molecule has 1 aliphatic heterocycles. The molecule has 2 heterocycles. The van der Waals surface area contributed by atoms with Gasteiger partial charge in [-0.1, -0.05) is 40.7 Å². The van der Waals surface area contributed by atoms with Crippen LogP contribution < -0.4 is 0 Å². The Labute approximate surface area is 121 Å². The van der Waals surface area contributed by atoms with Gasteiger partial charge in [0.2, 0.25) is 0 Å². The predicted octanol–water partition coefficient (Wildman–Crippen LogP) is 3.86. The predicted molar refractivity (Wildman–Crippen MR) is 82.3 cm³/mol. The van der Waals surface area contributed by atoms with Crippen molar-refractivity contribution in [3.63, 3.8) is 0 Å². The van der Waals surface area contributed by atoms with Crippen LogP contribution in [0.3, 0.4) is 0 Å². The average molecular weight is 272 g/mol. The van der Waals surface area contributed by atoms with E-state index in [0.717, 1.165) is 18.7 Å². The first-order valence-electron chi connectivity index (χ1n) is 7.47. The molecule has 1 atom stereocenters. The van der Waals surface area contributed by atoms with E-state index >= 15 is 0 Å². The molecule has 2 aromatic rings. The summed E-state index contributed by atoms with van der Waals surface area (Å²) in [5, 5.41) is 0. The number of aromatic nitrogens is 2. The van der Waals surface area contributed by atoms with E-state index in [-0.39, 0.29) is 5.41 Å². The zero-order chi connectivity index (χ0) is 14.5. The third-order valence-corrected chi connectivity index (χ3v) is 4.05. The lowest BCUT2D eigenvalue weighted by Crippen LogP contribution is -2.12. The molecule has 1 aromatic carbocycles. The minimum absolute atomic E-state index is 0.156. The molecule has 0 amide bonds. The molecule has 0 spiro atoms. The monoisotopic (exact) mass is 272 g/mol. The van der Waals surface area contributed by atoms with Gasteiger partial charge in [0.25, 0.3) is 0 Å². The van der Waals surface area contributed by atoms with Gasteiger partial charge in [-0.2, -0.15) is 0 Å². The first-order chi connectivity index (χ1) is 9.36. The summed E-state index contributed by atoms with van der Waals surface area (Å²) in [6.07, 6.45) is 2.35. The summed E-state index contributed by atoms with van der Waals surface area (Å²) >= 11 is 0. The molecule has 1 saturated heterocycles. The Hall–Kier alpha value is -1.35. The molecule has 0 radical (unpaired) electrons. The number of nitrogens with zero attached hydrogens (tertiary/aromatic N) is 2. The van der Waals surface area contributed by atoms with Crippen LogP contribution >= 0.6 is 0 Å². The third kappa shape index (κ3) is 2.47. The Morgan fingerprint density at radius 3 is 2.60 bits per heavy atom. The van der Waals surface area contributed by atoms with Crippen LogP contribution in [0.1, 0.15) is 51.7 Å². The second kappa shape index (κ2) is 4.59. The smallest absolute Gasteiger partial charge is 0.0988 e. The van der Waals surface area contributed by atoms with Gasteiger partial charge in [-0.25, -0.2) is 4.98 Å². The molecule has 20 heavy (non-hydrogen) atoms. The standard InChI is InChI=1S/C17H24N2O/c1-11(2)14-6-12(17(3,4)5)7-15-16(14)18-10-19(15)8-13-9-20-13/h6-7,10-11,13H,8-9H2,1-5H3. The van der Waals surface area contributed by atoms with Gasteiger partial charge in [-0.3, -0.25) is 0 Å². The number of epoxide rings is 1. The quantitative estimate of drug-likeness (QED) is 0.794. The minimum atomic E-state index is 0.156. The van der Waals surface area contributed by atoms with E-state index < -0.39 is 0 Å². The molecule has 1 aliphatic rings. The van der Waals surface area contributed by atoms with Gasteiger partial charge in [-0.15, -0.1) is 0 Å². The van der Waals surface area contributed by atoms with Crippen LogP contribution in [0.15, 0.2) is 18.5 Å². The largest absolute Gasteiger partial charge is 0.371 e. The maximum atomic E-state index is 5.36. The highest BCUT2D eigenvalue weighted by Crippen LogP contribution is 2.32. The summed E-state index contributed by atoms with van der Waals surface area (Å²) in [4.78, 5) is 4.65. The lowest BCUT2D eigenvalue weighted by molar-refractivity contribution is 0.385. The first kappa shape index (κ1) is 13.6. The molecule has 0 saturated carbocycles. The SMILES string of the molecule is CC(C)c1cc(C(C)(C)C)cc2c1ncn2CC1CO1. The molecule has 1 aromatic heterocycles. The molecule has 3 rings (SSSR count). The fourth-order valence-corrected chi connectivity index (χ4v) is 2.60. The van der Waals surface area contributed by atoms with Gasteiger partial charge in [0.1, 0.15) is 0 Å². The number of rotatable bonds is 3. The van der Waals surface area contributed by atoms with Gasteiger partial charge in [0.05, 0.1) is 36.6 Å². The molecule has 3 heteroatoms. The van der Waals surface area contributed by atoms with E-state index in [0.29, 0.717) is 12.0 Å². The van der Waals surface area contributed by atoms with Crippen LogP contribution in [-0.4, -0.2) is 22.3 Å². The molecule has 0 bridgehead atoms. The molecule has 108 valence electrons. The first-order valence-corrected chi connectivity index (χ1v) is 7.47. The maximum absolute atomic E-state index is 5.36. The maximum Gasteiger partial charge on any atom is 0.0988 e. The highest BCUT2D eigenvalue weighted by atomic mass is 16.6. The van der Waals surface area contributed by atoms with Crippen LogP contribution in [0.2, 0.25) is 0 Å². The van der Waals surface area contributed by atoms with Crippen molar-refractivity contribution in [1.82, 2.24) is 9.55 Å². The molecule has 1 fully saturated rings. The molecule has 0 N–H and O–H groups in total. The van der Waals surface area contributed by atoms with Crippen molar-refractivity contribution in [2.75, 3.05) is 6.61 Å². The van der Waals surface area contributed by atoms with Crippen LogP contribution in [0.5, 0.6) is 0 Å². The molecule has 0 aliphatic carbocycles. The van der Waals surface area contributed by atoms with E-state index in [1.807, 2.05) is 6.33 Å². The van der Waals surface area contributed by atoms with Crippen LogP contribution in [0, 0.1) is 0 Å². The zero-order valence-corrected chi connectivity index (χ0v) is 13.1. The van der Waals surface area contributed by atoms with Crippen LogP contribution in [0.25, 0.3) is 11.0 Å². The lowest BCUT2D eigenvalue weighted by Gasteiger charge is -2.21. The summed E-state index contributed by atoms with van der Waals surface area (Å²) < 4.78 is 7.60.